The molecule has 1 aromatic heterocycles. The molecule has 33 heavy (non-hydrogen) atoms. The number of carbonyl (C=O) groups excluding carboxylic acids is 1. The molecule has 8 heteroatoms. The van der Waals surface area contributed by atoms with Crippen LogP contribution in [0.25, 0.3) is 11.0 Å². The third kappa shape index (κ3) is 4.50. The van der Waals surface area contributed by atoms with Gasteiger partial charge in [-0.1, -0.05) is 30.3 Å². The lowest BCUT2D eigenvalue weighted by Gasteiger charge is -2.16. The van der Waals surface area contributed by atoms with Crippen LogP contribution in [0, 0.1) is 0 Å². The van der Waals surface area contributed by atoms with Crippen molar-refractivity contribution in [3.05, 3.63) is 93.0 Å². The molecule has 0 fully saturated rings. The molecular formula is C25H23N3O5. The van der Waals surface area contributed by atoms with Crippen LogP contribution in [0.15, 0.2) is 76.3 Å². The van der Waals surface area contributed by atoms with E-state index in [2.05, 4.69) is 5.32 Å². The molecule has 0 bridgehead atoms. The number of aromatic nitrogens is 2. The number of amides is 1. The average Bonchev–Trinajstić information content (AvgIpc) is 2.82. The lowest BCUT2D eigenvalue weighted by atomic mass is 10.1. The molecule has 1 heterocycles. The SMILES string of the molecule is COc1cccc(CC(=O)Nc2cc3c(cc2Oc2ccccc2)n(C)c(=O)c(=O)n3C)c1. The van der Waals surface area contributed by atoms with Gasteiger partial charge in [-0.25, -0.2) is 0 Å². The van der Waals surface area contributed by atoms with Gasteiger partial charge in [0.15, 0.2) is 5.75 Å². The van der Waals surface area contributed by atoms with Gasteiger partial charge in [-0.3, -0.25) is 14.4 Å². The van der Waals surface area contributed by atoms with Gasteiger partial charge in [0.1, 0.15) is 11.5 Å². The number of methoxy groups -OCH3 is 1. The Morgan fingerprint density at radius 2 is 1.48 bits per heavy atom. The zero-order valence-corrected chi connectivity index (χ0v) is 18.5. The number of hydrogen-bond acceptors (Lipinski definition) is 5. The normalized spacial score (nSPS) is 10.8. The summed E-state index contributed by atoms with van der Waals surface area (Å²) in [7, 11) is 4.62. The maximum Gasteiger partial charge on any atom is 0.316 e. The van der Waals surface area contributed by atoms with Crippen molar-refractivity contribution in [2.24, 2.45) is 14.1 Å². The van der Waals surface area contributed by atoms with E-state index in [1.165, 1.54) is 23.2 Å². The molecule has 0 aliphatic rings. The van der Waals surface area contributed by atoms with Crippen LogP contribution in [0.5, 0.6) is 17.2 Å². The van der Waals surface area contributed by atoms with Gasteiger partial charge >= 0.3 is 11.1 Å². The summed E-state index contributed by atoms with van der Waals surface area (Å²) in [4.78, 5) is 37.5. The van der Waals surface area contributed by atoms with E-state index in [4.69, 9.17) is 9.47 Å². The molecule has 0 aliphatic carbocycles. The molecule has 8 nitrogen and oxygen atoms in total. The molecule has 1 N–H and O–H groups in total. The Morgan fingerprint density at radius 1 is 0.848 bits per heavy atom. The maximum absolute atomic E-state index is 12.9. The van der Waals surface area contributed by atoms with Crippen molar-refractivity contribution >= 4 is 22.6 Å². The number of ether oxygens (including phenoxy) is 2. The number of rotatable bonds is 6. The first-order chi connectivity index (χ1) is 15.9. The highest BCUT2D eigenvalue weighted by molar-refractivity contribution is 5.96. The van der Waals surface area contributed by atoms with Crippen molar-refractivity contribution < 1.29 is 14.3 Å². The van der Waals surface area contributed by atoms with Gasteiger partial charge in [0.2, 0.25) is 5.91 Å². The molecule has 0 saturated carbocycles. The van der Waals surface area contributed by atoms with Crippen LogP contribution in [-0.2, 0) is 25.3 Å². The van der Waals surface area contributed by atoms with Crippen LogP contribution >= 0.6 is 0 Å². The summed E-state index contributed by atoms with van der Waals surface area (Å²) in [6, 6.07) is 19.6. The van der Waals surface area contributed by atoms with Crippen LogP contribution in [0.1, 0.15) is 5.56 Å². The zero-order valence-electron chi connectivity index (χ0n) is 18.5. The monoisotopic (exact) mass is 445 g/mol. The van der Waals surface area contributed by atoms with Crippen LogP contribution in [0.3, 0.4) is 0 Å². The fourth-order valence-electron chi connectivity index (χ4n) is 3.56. The predicted molar refractivity (Wildman–Crippen MR) is 126 cm³/mol. The molecule has 0 unspecified atom stereocenters. The van der Waals surface area contributed by atoms with Crippen molar-refractivity contribution in [2.45, 2.75) is 6.42 Å². The highest BCUT2D eigenvalue weighted by atomic mass is 16.5. The minimum absolute atomic E-state index is 0.117. The first-order valence-electron chi connectivity index (χ1n) is 10.3. The molecule has 3 aromatic carbocycles. The highest BCUT2D eigenvalue weighted by Gasteiger charge is 2.16. The van der Waals surface area contributed by atoms with E-state index in [1.807, 2.05) is 30.3 Å². The van der Waals surface area contributed by atoms with Gasteiger partial charge in [-0.2, -0.15) is 0 Å². The minimum atomic E-state index is -0.657. The Balaban J connectivity index is 1.77. The van der Waals surface area contributed by atoms with Gasteiger partial charge in [0.05, 0.1) is 30.3 Å². The number of fused-ring (bicyclic) bond motifs is 1. The molecule has 168 valence electrons. The molecule has 0 aliphatic heterocycles. The first kappa shape index (κ1) is 21.9. The largest absolute Gasteiger partial charge is 0.497 e. The van der Waals surface area contributed by atoms with Crippen LogP contribution in [0.2, 0.25) is 0 Å². The maximum atomic E-state index is 12.9. The van der Waals surface area contributed by atoms with E-state index in [0.717, 1.165) is 5.56 Å². The summed E-state index contributed by atoms with van der Waals surface area (Å²) in [6.07, 6.45) is 0.117. The second-order valence-corrected chi connectivity index (χ2v) is 7.56. The quantitative estimate of drug-likeness (QED) is 0.460. The topological polar surface area (TPSA) is 91.6 Å². The van der Waals surface area contributed by atoms with Crippen molar-refractivity contribution in [3.63, 3.8) is 0 Å². The summed E-state index contributed by atoms with van der Waals surface area (Å²) in [5, 5.41) is 2.88. The second-order valence-electron chi connectivity index (χ2n) is 7.56. The van der Waals surface area contributed by atoms with Crippen LogP contribution < -0.4 is 25.9 Å². The second kappa shape index (κ2) is 9.04. The van der Waals surface area contributed by atoms with Gasteiger partial charge in [-0.05, 0) is 35.9 Å². The van der Waals surface area contributed by atoms with Crippen molar-refractivity contribution in [2.75, 3.05) is 12.4 Å². The number of benzene rings is 3. The van der Waals surface area contributed by atoms with Crippen LogP contribution in [-0.4, -0.2) is 22.2 Å². The number of nitrogens with zero attached hydrogens (tertiary/aromatic N) is 2. The van der Waals surface area contributed by atoms with Gasteiger partial charge in [0, 0.05) is 20.2 Å². The summed E-state index contributed by atoms with van der Waals surface area (Å²) < 4.78 is 13.8. The summed E-state index contributed by atoms with van der Waals surface area (Å²) in [5.74, 6) is 1.31. The lowest BCUT2D eigenvalue weighted by molar-refractivity contribution is -0.115. The fraction of sp³-hybridized carbons (Fsp3) is 0.160. The number of anilines is 1. The number of para-hydroxylation sites is 1. The number of carbonyl (C=O) groups is 1. The van der Waals surface area contributed by atoms with E-state index in [1.54, 1.807) is 43.5 Å². The zero-order chi connectivity index (χ0) is 23.5. The number of hydrogen-bond donors (Lipinski definition) is 1. The lowest BCUT2D eigenvalue weighted by Crippen LogP contribution is -2.39. The fourth-order valence-corrected chi connectivity index (χ4v) is 3.56. The first-order valence-corrected chi connectivity index (χ1v) is 10.3. The van der Waals surface area contributed by atoms with Gasteiger partial charge < -0.3 is 23.9 Å². The molecule has 0 saturated heterocycles. The Kier molecular flexibility index (Phi) is 5.99. The Bertz CT molecular complexity index is 1460. The standard InChI is InChI=1S/C25H23N3O5/c1-27-20-14-19(26-23(29)13-16-8-7-11-18(12-16)32-3)22(33-17-9-5-4-6-10-17)15-21(20)28(2)25(31)24(27)30/h4-12,14-15H,13H2,1-3H3,(H,26,29). The minimum Gasteiger partial charge on any atom is -0.497 e. The van der Waals surface area contributed by atoms with Crippen LogP contribution in [0.4, 0.5) is 5.69 Å². The van der Waals surface area contributed by atoms with E-state index >= 15 is 0 Å². The third-order valence-electron chi connectivity index (χ3n) is 5.34. The molecule has 0 radical (unpaired) electrons. The van der Waals surface area contributed by atoms with E-state index in [0.29, 0.717) is 34.0 Å². The number of nitrogens with one attached hydrogen (secondary N) is 1. The molecular weight excluding hydrogens is 422 g/mol. The van der Waals surface area contributed by atoms with E-state index < -0.39 is 11.1 Å². The summed E-state index contributed by atoms with van der Waals surface area (Å²) in [6.45, 7) is 0. The molecule has 1 amide bonds. The molecule has 4 aromatic rings. The van der Waals surface area contributed by atoms with E-state index in [9.17, 15) is 14.4 Å². The van der Waals surface area contributed by atoms with Gasteiger partial charge in [0.25, 0.3) is 0 Å². The smallest absolute Gasteiger partial charge is 0.316 e. The van der Waals surface area contributed by atoms with Crippen molar-refractivity contribution in [3.8, 4) is 17.2 Å². The Labute approximate surface area is 189 Å². The number of aryl methyl sites for hydroxylation is 2. The van der Waals surface area contributed by atoms with Crippen molar-refractivity contribution in [1.29, 1.82) is 0 Å². The molecule has 4 rings (SSSR count). The third-order valence-corrected chi connectivity index (χ3v) is 5.34. The predicted octanol–water partition coefficient (Wildman–Crippen LogP) is 3.22. The molecule has 0 atom stereocenters. The average molecular weight is 445 g/mol. The highest BCUT2D eigenvalue weighted by Crippen LogP contribution is 2.33. The molecule has 0 spiro atoms. The van der Waals surface area contributed by atoms with Gasteiger partial charge in [-0.15, -0.1) is 0 Å². The van der Waals surface area contributed by atoms with E-state index in [-0.39, 0.29) is 12.3 Å². The Morgan fingerprint density at radius 3 is 2.15 bits per heavy atom. The van der Waals surface area contributed by atoms with Crippen molar-refractivity contribution in [1.82, 2.24) is 9.13 Å². The summed E-state index contributed by atoms with van der Waals surface area (Å²) in [5.41, 5.74) is 0.847. The Hall–Kier alpha value is -4.33. The summed E-state index contributed by atoms with van der Waals surface area (Å²) >= 11 is 0.